The Morgan fingerprint density at radius 1 is 1.09 bits per heavy atom. The van der Waals surface area contributed by atoms with Crippen LogP contribution in [0.1, 0.15) is 16.1 Å². The highest BCUT2D eigenvalue weighted by Gasteiger charge is 2.18. The van der Waals surface area contributed by atoms with Gasteiger partial charge in [-0.15, -0.1) is 0 Å². The number of nitrogens with zero attached hydrogens (tertiary/aromatic N) is 2. The van der Waals surface area contributed by atoms with Crippen LogP contribution in [0, 0.1) is 17.5 Å². The number of carboxylic acids is 1. The molecule has 0 aliphatic rings. The van der Waals surface area contributed by atoms with Crippen molar-refractivity contribution < 1.29 is 27.9 Å². The summed E-state index contributed by atoms with van der Waals surface area (Å²) in [6.07, 6.45) is 1.49. The van der Waals surface area contributed by atoms with E-state index in [1.165, 1.54) is 0 Å². The molecule has 0 saturated carbocycles. The number of hydrogen-bond donors (Lipinski definition) is 2. The molecule has 0 bridgehead atoms. The minimum absolute atomic E-state index is 0.358. The molecule has 2 rings (SSSR count). The normalized spacial score (nSPS) is 10.3. The van der Waals surface area contributed by atoms with Crippen molar-refractivity contribution in [2.45, 2.75) is 6.42 Å². The van der Waals surface area contributed by atoms with Crippen LogP contribution in [0.5, 0.6) is 0 Å². The third-order valence-electron chi connectivity index (χ3n) is 2.60. The molecule has 0 spiro atoms. The van der Waals surface area contributed by atoms with Gasteiger partial charge in [0.2, 0.25) is 5.91 Å². The molecule has 1 heterocycles. The monoisotopic (exact) mass is 311 g/mol. The number of halogens is 3. The quantitative estimate of drug-likeness (QED) is 0.898. The van der Waals surface area contributed by atoms with Crippen molar-refractivity contribution in [3.8, 4) is 0 Å². The summed E-state index contributed by atoms with van der Waals surface area (Å²) in [6.45, 7) is 0. The Kier molecular flexibility index (Phi) is 4.35. The van der Waals surface area contributed by atoms with E-state index in [1.54, 1.807) is 0 Å². The van der Waals surface area contributed by atoms with Gasteiger partial charge in [0.05, 0.1) is 6.42 Å². The van der Waals surface area contributed by atoms with Crippen molar-refractivity contribution in [2.24, 2.45) is 0 Å². The summed E-state index contributed by atoms with van der Waals surface area (Å²) < 4.78 is 39.6. The Morgan fingerprint density at radius 2 is 1.68 bits per heavy atom. The number of amides is 1. The number of carbonyl (C=O) groups excluding carboxylic acids is 1. The standard InChI is InChI=1S/C13H8F3N3O3/c14-6-3-8(15)7(9(16)4-6)5-10(20)19-12-11(13(21)22)17-1-2-18-12/h1-4H,5H2,(H,21,22)(H,18,19,20). The third-order valence-corrected chi connectivity index (χ3v) is 2.60. The highest BCUT2D eigenvalue weighted by atomic mass is 19.1. The van der Waals surface area contributed by atoms with Crippen molar-refractivity contribution in [1.29, 1.82) is 0 Å². The lowest BCUT2D eigenvalue weighted by atomic mass is 10.1. The van der Waals surface area contributed by atoms with Gasteiger partial charge < -0.3 is 10.4 Å². The number of rotatable bonds is 4. The number of carbonyl (C=O) groups is 2. The van der Waals surface area contributed by atoms with Crippen LogP contribution in [-0.4, -0.2) is 27.0 Å². The second-order valence-corrected chi connectivity index (χ2v) is 4.13. The Labute approximate surface area is 121 Å². The Hall–Kier alpha value is -2.97. The maximum absolute atomic E-state index is 13.4. The summed E-state index contributed by atoms with van der Waals surface area (Å²) in [5.74, 6) is -6.25. The Bertz CT molecular complexity index is 729. The number of anilines is 1. The smallest absolute Gasteiger partial charge is 0.358 e. The second-order valence-electron chi connectivity index (χ2n) is 4.13. The molecule has 0 unspecified atom stereocenters. The maximum atomic E-state index is 13.4. The fourth-order valence-electron chi connectivity index (χ4n) is 1.66. The van der Waals surface area contributed by atoms with Crippen LogP contribution in [0.15, 0.2) is 24.5 Å². The van der Waals surface area contributed by atoms with Crippen molar-refractivity contribution in [2.75, 3.05) is 5.32 Å². The van der Waals surface area contributed by atoms with Crippen molar-refractivity contribution >= 4 is 17.7 Å². The van der Waals surface area contributed by atoms with Crippen LogP contribution in [0.25, 0.3) is 0 Å². The minimum Gasteiger partial charge on any atom is -0.476 e. The molecule has 1 aromatic carbocycles. The summed E-state index contributed by atoms with van der Waals surface area (Å²) in [4.78, 5) is 29.8. The first kappa shape index (κ1) is 15.4. The fraction of sp³-hybridized carbons (Fsp3) is 0.0769. The predicted octanol–water partition coefficient (Wildman–Crippen LogP) is 1.77. The summed E-state index contributed by atoms with van der Waals surface area (Å²) >= 11 is 0. The number of aromatic nitrogens is 2. The van der Waals surface area contributed by atoms with Gasteiger partial charge in [-0.3, -0.25) is 4.79 Å². The summed E-state index contributed by atoms with van der Waals surface area (Å²) in [6, 6.07) is 0.882. The molecule has 2 aromatic rings. The lowest BCUT2D eigenvalue weighted by Crippen LogP contribution is -2.20. The van der Waals surface area contributed by atoms with Crippen LogP contribution in [0.3, 0.4) is 0 Å². The molecule has 114 valence electrons. The van der Waals surface area contributed by atoms with E-state index in [9.17, 15) is 22.8 Å². The van der Waals surface area contributed by atoms with Gasteiger partial charge in [-0.2, -0.15) is 0 Å². The summed E-state index contributed by atoms with van der Waals surface area (Å²) in [7, 11) is 0. The van der Waals surface area contributed by atoms with Gasteiger partial charge >= 0.3 is 5.97 Å². The number of hydrogen-bond acceptors (Lipinski definition) is 4. The number of nitrogens with one attached hydrogen (secondary N) is 1. The molecular weight excluding hydrogens is 303 g/mol. The van der Waals surface area contributed by atoms with Gasteiger partial charge in [0.25, 0.3) is 0 Å². The average Bonchev–Trinajstić information content (AvgIpc) is 2.43. The maximum Gasteiger partial charge on any atom is 0.358 e. The zero-order chi connectivity index (χ0) is 16.3. The van der Waals surface area contributed by atoms with E-state index in [2.05, 4.69) is 15.3 Å². The van der Waals surface area contributed by atoms with Crippen molar-refractivity contribution in [3.05, 3.63) is 53.2 Å². The van der Waals surface area contributed by atoms with Gasteiger partial charge in [0.1, 0.15) is 17.5 Å². The largest absolute Gasteiger partial charge is 0.476 e. The van der Waals surface area contributed by atoms with Gasteiger partial charge in [0.15, 0.2) is 11.5 Å². The molecule has 1 amide bonds. The van der Waals surface area contributed by atoms with E-state index < -0.39 is 47.0 Å². The van der Waals surface area contributed by atoms with E-state index in [-0.39, 0.29) is 5.82 Å². The number of aromatic carboxylic acids is 1. The lowest BCUT2D eigenvalue weighted by Gasteiger charge is -2.08. The first-order valence-corrected chi connectivity index (χ1v) is 5.86. The molecule has 0 saturated heterocycles. The van der Waals surface area contributed by atoms with Crippen molar-refractivity contribution in [3.63, 3.8) is 0 Å². The molecule has 0 radical (unpaired) electrons. The molecule has 6 nitrogen and oxygen atoms in total. The van der Waals surface area contributed by atoms with Crippen LogP contribution in [0.2, 0.25) is 0 Å². The van der Waals surface area contributed by atoms with E-state index in [1.807, 2.05) is 0 Å². The SMILES string of the molecule is O=C(Cc1c(F)cc(F)cc1F)Nc1nccnc1C(=O)O. The predicted molar refractivity (Wildman–Crippen MR) is 67.6 cm³/mol. The molecule has 0 aliphatic carbocycles. The molecule has 2 N–H and O–H groups in total. The zero-order valence-electron chi connectivity index (χ0n) is 10.8. The van der Waals surface area contributed by atoms with Crippen LogP contribution in [-0.2, 0) is 11.2 Å². The zero-order valence-corrected chi connectivity index (χ0v) is 10.8. The number of benzene rings is 1. The van der Waals surface area contributed by atoms with Gasteiger partial charge in [-0.1, -0.05) is 0 Å². The Morgan fingerprint density at radius 3 is 2.27 bits per heavy atom. The molecule has 9 heteroatoms. The molecule has 0 atom stereocenters. The first-order valence-electron chi connectivity index (χ1n) is 5.86. The highest BCUT2D eigenvalue weighted by molar-refractivity contribution is 5.98. The highest BCUT2D eigenvalue weighted by Crippen LogP contribution is 2.16. The topological polar surface area (TPSA) is 92.2 Å². The van der Waals surface area contributed by atoms with Crippen LogP contribution in [0.4, 0.5) is 19.0 Å². The van der Waals surface area contributed by atoms with Gasteiger partial charge in [-0.05, 0) is 0 Å². The fourth-order valence-corrected chi connectivity index (χ4v) is 1.66. The van der Waals surface area contributed by atoms with E-state index in [0.717, 1.165) is 12.4 Å². The van der Waals surface area contributed by atoms with Crippen LogP contribution < -0.4 is 5.32 Å². The third kappa shape index (κ3) is 3.37. The van der Waals surface area contributed by atoms with E-state index >= 15 is 0 Å². The van der Waals surface area contributed by atoms with Gasteiger partial charge in [0, 0.05) is 30.1 Å². The first-order chi connectivity index (χ1) is 10.4. The van der Waals surface area contributed by atoms with Gasteiger partial charge in [-0.25, -0.2) is 27.9 Å². The summed E-state index contributed by atoms with van der Waals surface area (Å²) in [5, 5.41) is 11.0. The molecular formula is C13H8F3N3O3. The minimum atomic E-state index is -1.43. The number of carboxylic acid groups (broad SMARTS) is 1. The average molecular weight is 311 g/mol. The molecule has 0 fully saturated rings. The van der Waals surface area contributed by atoms with Crippen molar-refractivity contribution in [1.82, 2.24) is 9.97 Å². The van der Waals surface area contributed by atoms with Crippen LogP contribution >= 0.6 is 0 Å². The Balaban J connectivity index is 2.20. The second kappa shape index (κ2) is 6.20. The lowest BCUT2D eigenvalue weighted by molar-refractivity contribution is -0.115. The van der Waals surface area contributed by atoms with E-state index in [0.29, 0.717) is 12.1 Å². The molecule has 0 aliphatic heterocycles. The molecule has 1 aromatic heterocycles. The molecule has 22 heavy (non-hydrogen) atoms. The van der Waals surface area contributed by atoms with E-state index in [4.69, 9.17) is 5.11 Å². The summed E-state index contributed by atoms with van der Waals surface area (Å²) in [5.41, 5.74) is -1.16.